The molecule has 1 aromatic carbocycles. The van der Waals surface area contributed by atoms with E-state index in [9.17, 15) is 9.59 Å². The summed E-state index contributed by atoms with van der Waals surface area (Å²) < 4.78 is 0. The summed E-state index contributed by atoms with van der Waals surface area (Å²) >= 11 is 0. The molecule has 4 N–H and O–H groups in total. The lowest BCUT2D eigenvalue weighted by Crippen LogP contribution is -2.40. The maximum Gasteiger partial charge on any atom is 0.231 e. The zero-order valence-corrected chi connectivity index (χ0v) is 14.0. The first-order valence-electron chi connectivity index (χ1n) is 8.05. The molecule has 0 radical (unpaired) electrons. The van der Waals surface area contributed by atoms with Gasteiger partial charge >= 0.3 is 0 Å². The first-order chi connectivity index (χ1) is 10.6. The molecule has 0 saturated heterocycles. The number of hydrogen-bond donors (Lipinski definition) is 3. The Hall–Kier alpha value is -1.59. The van der Waals surface area contributed by atoms with Crippen molar-refractivity contribution in [3.05, 3.63) is 24.3 Å². The molecule has 23 heavy (non-hydrogen) atoms. The molecule has 1 aromatic rings. The largest absolute Gasteiger partial charge is 0.329 e. The molecule has 3 rings (SSSR count). The van der Waals surface area contributed by atoms with E-state index in [1.165, 1.54) is 0 Å². The fraction of sp³-hybridized carbons (Fsp3) is 0.529. The number of nitrogens with two attached hydrogens (primary N) is 1. The van der Waals surface area contributed by atoms with Gasteiger partial charge in [-0.15, -0.1) is 12.4 Å². The smallest absolute Gasteiger partial charge is 0.231 e. The lowest BCUT2D eigenvalue weighted by atomic mass is 9.85. The van der Waals surface area contributed by atoms with E-state index in [1.54, 1.807) is 0 Å². The van der Waals surface area contributed by atoms with Crippen LogP contribution < -0.4 is 16.4 Å². The topological polar surface area (TPSA) is 84.2 Å². The van der Waals surface area contributed by atoms with Crippen molar-refractivity contribution >= 4 is 35.6 Å². The third kappa shape index (κ3) is 4.03. The Morgan fingerprint density at radius 3 is 2.04 bits per heavy atom. The molecule has 0 spiro atoms. The van der Waals surface area contributed by atoms with E-state index in [-0.39, 0.29) is 30.1 Å². The average molecular weight is 338 g/mol. The molecule has 2 aliphatic carbocycles. The van der Waals surface area contributed by atoms with E-state index in [4.69, 9.17) is 5.73 Å². The van der Waals surface area contributed by atoms with Crippen molar-refractivity contribution in [3.63, 3.8) is 0 Å². The van der Waals surface area contributed by atoms with E-state index in [0.29, 0.717) is 6.54 Å². The number of carbonyl (C=O) groups excluding carboxylic acids is 2. The minimum atomic E-state index is -0.404. The van der Waals surface area contributed by atoms with Crippen molar-refractivity contribution in [1.82, 2.24) is 0 Å². The molecular formula is C17H24ClN3O2. The van der Waals surface area contributed by atoms with Crippen LogP contribution >= 0.6 is 12.4 Å². The van der Waals surface area contributed by atoms with E-state index < -0.39 is 5.41 Å². The minimum absolute atomic E-state index is 0. The number of hydrogen-bond acceptors (Lipinski definition) is 3. The van der Waals surface area contributed by atoms with Gasteiger partial charge in [-0.05, 0) is 49.9 Å². The van der Waals surface area contributed by atoms with E-state index in [1.807, 2.05) is 24.3 Å². The molecule has 0 atom stereocenters. The van der Waals surface area contributed by atoms with Gasteiger partial charge in [0, 0.05) is 23.8 Å². The Morgan fingerprint density at radius 1 is 1.04 bits per heavy atom. The molecule has 0 aliphatic heterocycles. The number of rotatable bonds is 5. The third-order valence-corrected chi connectivity index (χ3v) is 4.79. The highest BCUT2D eigenvalue weighted by molar-refractivity contribution is 5.97. The molecular weight excluding hydrogens is 314 g/mol. The number of nitrogens with one attached hydrogen (secondary N) is 2. The van der Waals surface area contributed by atoms with Crippen LogP contribution in [0.15, 0.2) is 24.3 Å². The molecule has 0 heterocycles. The first-order valence-corrected chi connectivity index (χ1v) is 8.05. The maximum atomic E-state index is 12.5. The van der Waals surface area contributed by atoms with Gasteiger partial charge in [0.25, 0.3) is 0 Å². The minimum Gasteiger partial charge on any atom is -0.329 e. The second kappa shape index (κ2) is 7.32. The van der Waals surface area contributed by atoms with Crippen molar-refractivity contribution in [2.24, 2.45) is 17.1 Å². The van der Waals surface area contributed by atoms with Gasteiger partial charge < -0.3 is 16.4 Å². The Morgan fingerprint density at radius 2 is 1.57 bits per heavy atom. The molecule has 2 fully saturated rings. The Balaban J connectivity index is 0.00000192. The summed E-state index contributed by atoms with van der Waals surface area (Å²) in [4.78, 5) is 24.2. The summed E-state index contributed by atoms with van der Waals surface area (Å²) in [6, 6.07) is 7.28. The molecule has 0 unspecified atom stereocenters. The number of carbonyl (C=O) groups is 2. The monoisotopic (exact) mass is 337 g/mol. The highest BCUT2D eigenvalue weighted by Crippen LogP contribution is 2.38. The van der Waals surface area contributed by atoms with Gasteiger partial charge in [-0.2, -0.15) is 0 Å². The van der Waals surface area contributed by atoms with Crippen LogP contribution in [0.3, 0.4) is 0 Å². The second-order valence-electron chi connectivity index (χ2n) is 6.49. The van der Waals surface area contributed by atoms with Crippen molar-refractivity contribution in [1.29, 1.82) is 0 Å². The van der Waals surface area contributed by atoms with Gasteiger partial charge in [-0.25, -0.2) is 0 Å². The van der Waals surface area contributed by atoms with Crippen LogP contribution in [-0.2, 0) is 9.59 Å². The quantitative estimate of drug-likeness (QED) is 0.772. The van der Waals surface area contributed by atoms with E-state index >= 15 is 0 Å². The summed E-state index contributed by atoms with van der Waals surface area (Å²) in [5, 5.41) is 5.85. The van der Waals surface area contributed by atoms with Crippen LogP contribution in [-0.4, -0.2) is 18.4 Å². The molecule has 5 nitrogen and oxygen atoms in total. The summed E-state index contributed by atoms with van der Waals surface area (Å²) in [6.45, 7) is 0.397. The molecule has 2 amide bonds. The third-order valence-electron chi connectivity index (χ3n) is 4.79. The molecule has 2 aliphatic rings. The zero-order chi connectivity index (χ0) is 15.6. The normalized spacial score (nSPS) is 18.8. The van der Waals surface area contributed by atoms with Gasteiger partial charge in [-0.3, -0.25) is 9.59 Å². The van der Waals surface area contributed by atoms with Crippen LogP contribution in [0.4, 0.5) is 11.4 Å². The number of anilines is 2. The SMILES string of the molecule is Cl.NCC1(C(=O)Nc2ccc(NC(=O)C3CC3)cc2)CCCC1. The molecule has 0 bridgehead atoms. The summed E-state index contributed by atoms with van der Waals surface area (Å²) in [5.74, 6) is 0.290. The predicted molar refractivity (Wildman–Crippen MR) is 93.6 cm³/mol. The Kier molecular flexibility index (Phi) is 5.65. The maximum absolute atomic E-state index is 12.5. The fourth-order valence-corrected chi connectivity index (χ4v) is 3.07. The van der Waals surface area contributed by atoms with Crippen LogP contribution in [0.5, 0.6) is 0 Å². The standard InChI is InChI=1S/C17H23N3O2.ClH/c18-11-17(9-1-2-10-17)16(22)20-14-7-5-13(6-8-14)19-15(21)12-3-4-12;/h5-8,12H,1-4,9-11,18H2,(H,19,21)(H,20,22);1H. The summed E-state index contributed by atoms with van der Waals surface area (Å²) in [7, 11) is 0. The number of halogens is 1. The highest BCUT2D eigenvalue weighted by atomic mass is 35.5. The molecule has 0 aromatic heterocycles. The molecule has 126 valence electrons. The van der Waals surface area contributed by atoms with Crippen LogP contribution in [0, 0.1) is 11.3 Å². The van der Waals surface area contributed by atoms with Gasteiger partial charge in [0.2, 0.25) is 11.8 Å². The second-order valence-corrected chi connectivity index (χ2v) is 6.49. The van der Waals surface area contributed by atoms with Gasteiger partial charge in [0.15, 0.2) is 0 Å². The molecule has 6 heteroatoms. The summed E-state index contributed by atoms with van der Waals surface area (Å²) in [5.41, 5.74) is 6.94. The molecule has 2 saturated carbocycles. The van der Waals surface area contributed by atoms with E-state index in [2.05, 4.69) is 10.6 Å². The summed E-state index contributed by atoms with van der Waals surface area (Å²) in [6.07, 6.45) is 5.84. The van der Waals surface area contributed by atoms with Gasteiger partial charge in [0.05, 0.1) is 5.41 Å². The predicted octanol–water partition coefficient (Wildman–Crippen LogP) is 2.91. The zero-order valence-electron chi connectivity index (χ0n) is 13.1. The lowest BCUT2D eigenvalue weighted by Gasteiger charge is -2.25. The highest BCUT2D eigenvalue weighted by Gasteiger charge is 2.39. The van der Waals surface area contributed by atoms with Crippen molar-refractivity contribution in [2.45, 2.75) is 38.5 Å². The van der Waals surface area contributed by atoms with Gasteiger partial charge in [0.1, 0.15) is 0 Å². The average Bonchev–Trinajstić information content (AvgIpc) is 3.27. The van der Waals surface area contributed by atoms with E-state index in [0.717, 1.165) is 49.9 Å². The van der Waals surface area contributed by atoms with Crippen molar-refractivity contribution in [2.75, 3.05) is 17.2 Å². The lowest BCUT2D eigenvalue weighted by molar-refractivity contribution is -0.124. The number of benzene rings is 1. The van der Waals surface area contributed by atoms with Crippen LogP contribution in [0.1, 0.15) is 38.5 Å². The van der Waals surface area contributed by atoms with Crippen molar-refractivity contribution < 1.29 is 9.59 Å². The Labute approximate surface area is 142 Å². The van der Waals surface area contributed by atoms with Crippen molar-refractivity contribution in [3.8, 4) is 0 Å². The number of amides is 2. The first kappa shape index (κ1) is 17.8. The van der Waals surface area contributed by atoms with Crippen LogP contribution in [0.25, 0.3) is 0 Å². The van der Waals surface area contributed by atoms with Crippen LogP contribution in [0.2, 0.25) is 0 Å². The van der Waals surface area contributed by atoms with Gasteiger partial charge in [-0.1, -0.05) is 12.8 Å². The fourth-order valence-electron chi connectivity index (χ4n) is 3.07. The Bertz CT molecular complexity index is 564.